The van der Waals surface area contributed by atoms with Crippen LogP contribution in [0.1, 0.15) is 27.2 Å². The van der Waals surface area contributed by atoms with Crippen molar-refractivity contribution in [2.45, 2.75) is 31.8 Å². The average Bonchev–Trinajstić information content (AvgIpc) is 2.05. The van der Waals surface area contributed by atoms with Gasteiger partial charge in [-0.2, -0.15) is 0 Å². The number of rotatable bonds is 2. The zero-order chi connectivity index (χ0) is 8.27. The van der Waals surface area contributed by atoms with E-state index in [0.717, 1.165) is 16.4 Å². The lowest BCUT2D eigenvalue weighted by Crippen LogP contribution is -2.20. The molecule has 0 radical (unpaired) electrons. The Morgan fingerprint density at radius 3 is 2.09 bits per heavy atom. The molecule has 1 aliphatic rings. The van der Waals surface area contributed by atoms with Gasteiger partial charge in [0.15, 0.2) is 0 Å². The predicted octanol–water partition coefficient (Wildman–Crippen LogP) is 3.47. The zero-order valence-corrected chi connectivity index (χ0v) is 9.30. The third kappa shape index (κ3) is 2.90. The van der Waals surface area contributed by atoms with Gasteiger partial charge >= 0.3 is 0 Å². The SMILES string of the molecule is CC(C)[C@H](C)C1SCCCS1. The van der Waals surface area contributed by atoms with Crippen molar-refractivity contribution in [1.29, 1.82) is 0 Å². The normalized spacial score (nSPS) is 24.0. The molecule has 1 aliphatic heterocycles. The highest BCUT2D eigenvalue weighted by Gasteiger charge is 2.22. The van der Waals surface area contributed by atoms with Crippen LogP contribution in [0.3, 0.4) is 0 Å². The standard InChI is InChI=1S/C9H18S2/c1-7(2)8(3)9-10-5-4-6-11-9/h7-9H,4-6H2,1-3H3/t8-/m0/s1. The lowest BCUT2D eigenvalue weighted by atomic mass is 10.0. The van der Waals surface area contributed by atoms with Gasteiger partial charge in [-0.1, -0.05) is 20.8 Å². The molecule has 1 fully saturated rings. The van der Waals surface area contributed by atoms with Crippen LogP contribution >= 0.6 is 23.5 Å². The third-order valence-corrected chi connectivity index (χ3v) is 5.71. The van der Waals surface area contributed by atoms with Gasteiger partial charge in [-0.25, -0.2) is 0 Å². The summed E-state index contributed by atoms with van der Waals surface area (Å²) in [6.07, 6.45) is 1.41. The molecule has 11 heavy (non-hydrogen) atoms. The van der Waals surface area contributed by atoms with Crippen LogP contribution in [0.5, 0.6) is 0 Å². The molecule has 1 heterocycles. The van der Waals surface area contributed by atoms with E-state index in [1.807, 2.05) is 0 Å². The minimum absolute atomic E-state index is 0.845. The van der Waals surface area contributed by atoms with E-state index in [1.54, 1.807) is 0 Å². The largest absolute Gasteiger partial charge is 0.147 e. The molecule has 0 unspecified atom stereocenters. The van der Waals surface area contributed by atoms with Crippen LogP contribution in [0, 0.1) is 11.8 Å². The molecule has 0 aromatic carbocycles. The van der Waals surface area contributed by atoms with Gasteiger partial charge in [0.2, 0.25) is 0 Å². The Hall–Kier alpha value is 0.700. The third-order valence-electron chi connectivity index (χ3n) is 2.33. The van der Waals surface area contributed by atoms with Gasteiger partial charge in [-0.3, -0.25) is 0 Å². The smallest absolute Gasteiger partial charge is 0.0530 e. The molecule has 66 valence electrons. The van der Waals surface area contributed by atoms with Gasteiger partial charge in [0.1, 0.15) is 0 Å². The zero-order valence-electron chi connectivity index (χ0n) is 7.67. The van der Waals surface area contributed by atoms with Crippen molar-refractivity contribution >= 4 is 23.5 Å². The van der Waals surface area contributed by atoms with Gasteiger partial charge in [0.25, 0.3) is 0 Å². The van der Waals surface area contributed by atoms with Crippen molar-refractivity contribution in [3.8, 4) is 0 Å². The number of hydrogen-bond donors (Lipinski definition) is 0. The van der Waals surface area contributed by atoms with E-state index in [-0.39, 0.29) is 0 Å². The summed E-state index contributed by atoms with van der Waals surface area (Å²) >= 11 is 4.33. The fraction of sp³-hybridized carbons (Fsp3) is 1.00. The molecule has 0 amide bonds. The average molecular weight is 190 g/mol. The first kappa shape index (κ1) is 9.79. The summed E-state index contributed by atoms with van der Waals surface area (Å²) < 4.78 is 0.878. The number of thioether (sulfide) groups is 2. The summed E-state index contributed by atoms with van der Waals surface area (Å²) in [5.74, 6) is 4.49. The Morgan fingerprint density at radius 1 is 1.09 bits per heavy atom. The summed E-state index contributed by atoms with van der Waals surface area (Å²) in [4.78, 5) is 0. The van der Waals surface area contributed by atoms with Gasteiger partial charge in [-0.05, 0) is 29.8 Å². The van der Waals surface area contributed by atoms with Crippen molar-refractivity contribution in [2.75, 3.05) is 11.5 Å². The molecular weight excluding hydrogens is 172 g/mol. The maximum absolute atomic E-state index is 2.39. The van der Waals surface area contributed by atoms with Gasteiger partial charge in [0, 0.05) is 0 Å². The van der Waals surface area contributed by atoms with Crippen LogP contribution < -0.4 is 0 Å². The van der Waals surface area contributed by atoms with Crippen molar-refractivity contribution in [2.24, 2.45) is 11.8 Å². The highest BCUT2D eigenvalue weighted by atomic mass is 32.2. The Labute approximate surface area is 78.9 Å². The van der Waals surface area contributed by atoms with Crippen molar-refractivity contribution < 1.29 is 0 Å². The van der Waals surface area contributed by atoms with E-state index in [1.165, 1.54) is 17.9 Å². The van der Waals surface area contributed by atoms with Crippen LogP contribution in [0.2, 0.25) is 0 Å². The van der Waals surface area contributed by atoms with Gasteiger partial charge in [-0.15, -0.1) is 23.5 Å². The molecule has 1 saturated heterocycles. The first-order chi connectivity index (χ1) is 5.22. The summed E-state index contributed by atoms with van der Waals surface area (Å²) in [6, 6.07) is 0. The van der Waals surface area contributed by atoms with E-state index >= 15 is 0 Å². The molecule has 1 rings (SSSR count). The monoisotopic (exact) mass is 190 g/mol. The molecule has 0 nitrogen and oxygen atoms in total. The van der Waals surface area contributed by atoms with E-state index < -0.39 is 0 Å². The Kier molecular flexibility index (Phi) is 4.14. The molecule has 1 atom stereocenters. The maximum Gasteiger partial charge on any atom is 0.0530 e. The fourth-order valence-electron chi connectivity index (χ4n) is 1.12. The van der Waals surface area contributed by atoms with Gasteiger partial charge in [0.05, 0.1) is 4.58 Å². The van der Waals surface area contributed by atoms with Crippen molar-refractivity contribution in [3.05, 3.63) is 0 Å². The topological polar surface area (TPSA) is 0 Å². The van der Waals surface area contributed by atoms with Crippen LogP contribution in [0.25, 0.3) is 0 Å². The first-order valence-electron chi connectivity index (χ1n) is 4.45. The Balaban J connectivity index is 2.32. The second kappa shape index (κ2) is 4.66. The van der Waals surface area contributed by atoms with E-state index in [4.69, 9.17) is 0 Å². The first-order valence-corrected chi connectivity index (χ1v) is 6.54. The van der Waals surface area contributed by atoms with Crippen LogP contribution in [0.15, 0.2) is 0 Å². The summed E-state index contributed by atoms with van der Waals surface area (Å²) in [6.45, 7) is 7.06. The predicted molar refractivity (Wildman–Crippen MR) is 57.3 cm³/mol. The summed E-state index contributed by atoms with van der Waals surface area (Å²) in [5.41, 5.74) is 0. The molecular formula is C9H18S2. The van der Waals surface area contributed by atoms with Gasteiger partial charge < -0.3 is 0 Å². The molecule has 0 spiro atoms. The summed E-state index contributed by atoms with van der Waals surface area (Å²) in [7, 11) is 0. The Morgan fingerprint density at radius 2 is 1.64 bits per heavy atom. The molecule has 0 bridgehead atoms. The second-order valence-electron chi connectivity index (χ2n) is 3.57. The van der Waals surface area contributed by atoms with Crippen molar-refractivity contribution in [3.63, 3.8) is 0 Å². The quantitative estimate of drug-likeness (QED) is 0.654. The fourth-order valence-corrected chi connectivity index (χ4v) is 4.59. The molecule has 0 aromatic heterocycles. The Bertz CT molecular complexity index is 106. The van der Waals surface area contributed by atoms with E-state index in [0.29, 0.717) is 0 Å². The number of hydrogen-bond acceptors (Lipinski definition) is 2. The van der Waals surface area contributed by atoms with E-state index in [9.17, 15) is 0 Å². The highest BCUT2D eigenvalue weighted by molar-refractivity contribution is 8.17. The van der Waals surface area contributed by atoms with Crippen molar-refractivity contribution in [1.82, 2.24) is 0 Å². The molecule has 0 N–H and O–H groups in total. The second-order valence-corrected chi connectivity index (χ2v) is 6.36. The lowest BCUT2D eigenvalue weighted by Gasteiger charge is -2.29. The van der Waals surface area contributed by atoms with E-state index in [2.05, 4.69) is 44.3 Å². The maximum atomic E-state index is 2.39. The van der Waals surface area contributed by atoms with Crippen LogP contribution in [0.4, 0.5) is 0 Å². The molecule has 2 heteroatoms. The van der Waals surface area contributed by atoms with Crippen LogP contribution in [-0.4, -0.2) is 16.1 Å². The molecule has 0 aliphatic carbocycles. The molecule has 0 aromatic rings. The highest BCUT2D eigenvalue weighted by Crippen LogP contribution is 2.38. The van der Waals surface area contributed by atoms with Crippen LogP contribution in [-0.2, 0) is 0 Å². The molecule has 0 saturated carbocycles. The lowest BCUT2D eigenvalue weighted by molar-refractivity contribution is 0.450. The minimum Gasteiger partial charge on any atom is -0.147 e. The summed E-state index contributed by atoms with van der Waals surface area (Å²) in [5, 5.41) is 0. The minimum atomic E-state index is 0.845.